The summed E-state index contributed by atoms with van der Waals surface area (Å²) in [6, 6.07) is 20.4. The maximum atomic E-state index is 12.2. The van der Waals surface area contributed by atoms with Crippen molar-refractivity contribution in [3.8, 4) is 23.0 Å². The van der Waals surface area contributed by atoms with Crippen LogP contribution in [-0.4, -0.2) is 29.7 Å². The third-order valence-electron chi connectivity index (χ3n) is 4.63. The molecule has 3 aromatic carbocycles. The van der Waals surface area contributed by atoms with Gasteiger partial charge in [-0.2, -0.15) is 0 Å². The molecule has 0 fully saturated rings. The summed E-state index contributed by atoms with van der Waals surface area (Å²) in [5, 5.41) is 5.72. The number of hydrogen-bond acceptors (Lipinski definition) is 6. The molecule has 0 aliphatic rings. The average Bonchev–Trinajstić information content (AvgIpc) is 3.23. The van der Waals surface area contributed by atoms with Gasteiger partial charge < -0.3 is 19.2 Å². The van der Waals surface area contributed by atoms with Gasteiger partial charge in [-0.25, -0.2) is 4.98 Å². The van der Waals surface area contributed by atoms with E-state index in [-0.39, 0.29) is 17.6 Å². The summed E-state index contributed by atoms with van der Waals surface area (Å²) in [7, 11) is 1.55. The molecule has 0 spiro atoms. The standard InChI is InChI=1S/C24H21N3O4S/c1-15-7-10-17(11-8-15)30-14-22(28)27-24(32)26-19-13-16(9-12-20(19)29-2)23-25-18-5-3-4-6-21(18)31-23/h3-13H,14H2,1-2H3,(H2,26,27,28,32). The first-order chi connectivity index (χ1) is 15.5. The molecular formula is C24H21N3O4S. The predicted molar refractivity (Wildman–Crippen MR) is 127 cm³/mol. The highest BCUT2D eigenvalue weighted by atomic mass is 32.1. The first-order valence-electron chi connectivity index (χ1n) is 9.86. The smallest absolute Gasteiger partial charge is 0.264 e. The van der Waals surface area contributed by atoms with Gasteiger partial charge in [0.1, 0.15) is 17.0 Å². The Morgan fingerprint density at radius 1 is 1.09 bits per heavy atom. The lowest BCUT2D eigenvalue weighted by molar-refractivity contribution is -0.121. The maximum absolute atomic E-state index is 12.2. The van der Waals surface area contributed by atoms with Crippen LogP contribution in [0, 0.1) is 6.92 Å². The molecule has 0 aliphatic carbocycles. The van der Waals surface area contributed by atoms with Crippen molar-refractivity contribution in [2.45, 2.75) is 6.92 Å². The summed E-state index contributed by atoms with van der Waals surface area (Å²) in [6.45, 7) is 1.82. The van der Waals surface area contributed by atoms with E-state index in [1.165, 1.54) is 0 Å². The van der Waals surface area contributed by atoms with Gasteiger partial charge in [-0.15, -0.1) is 0 Å². The topological polar surface area (TPSA) is 85.6 Å². The molecule has 0 saturated carbocycles. The van der Waals surface area contributed by atoms with E-state index in [0.717, 1.165) is 16.6 Å². The van der Waals surface area contributed by atoms with Gasteiger partial charge in [-0.3, -0.25) is 10.1 Å². The number of carbonyl (C=O) groups is 1. The lowest BCUT2D eigenvalue weighted by atomic mass is 10.2. The minimum Gasteiger partial charge on any atom is -0.495 e. The van der Waals surface area contributed by atoms with Crippen LogP contribution in [0.3, 0.4) is 0 Å². The summed E-state index contributed by atoms with van der Waals surface area (Å²) in [4.78, 5) is 16.7. The van der Waals surface area contributed by atoms with Gasteiger partial charge in [-0.05, 0) is 61.6 Å². The van der Waals surface area contributed by atoms with Crippen LogP contribution in [0.5, 0.6) is 11.5 Å². The highest BCUT2D eigenvalue weighted by Crippen LogP contribution is 2.31. The Labute approximate surface area is 190 Å². The number of nitrogens with zero attached hydrogens (tertiary/aromatic N) is 1. The number of fused-ring (bicyclic) bond motifs is 1. The van der Waals surface area contributed by atoms with E-state index >= 15 is 0 Å². The molecule has 0 bridgehead atoms. The van der Waals surface area contributed by atoms with Crippen molar-refractivity contribution in [3.63, 3.8) is 0 Å². The predicted octanol–water partition coefficient (Wildman–Crippen LogP) is 4.70. The molecule has 1 aromatic heterocycles. The van der Waals surface area contributed by atoms with Crippen LogP contribution in [0.25, 0.3) is 22.6 Å². The van der Waals surface area contributed by atoms with Gasteiger partial charge in [-0.1, -0.05) is 29.8 Å². The van der Waals surface area contributed by atoms with Crippen molar-refractivity contribution >= 4 is 40.0 Å². The highest BCUT2D eigenvalue weighted by molar-refractivity contribution is 7.80. The third kappa shape index (κ3) is 5.04. The Balaban J connectivity index is 1.43. The van der Waals surface area contributed by atoms with Crippen molar-refractivity contribution in [2.24, 2.45) is 0 Å². The number of hydrogen-bond donors (Lipinski definition) is 2. The fourth-order valence-corrected chi connectivity index (χ4v) is 3.26. The fourth-order valence-electron chi connectivity index (χ4n) is 3.03. The van der Waals surface area contributed by atoms with Crippen LogP contribution < -0.4 is 20.1 Å². The van der Waals surface area contributed by atoms with Crippen LogP contribution in [-0.2, 0) is 4.79 Å². The second kappa shape index (κ2) is 9.49. The normalized spacial score (nSPS) is 10.6. The zero-order valence-electron chi connectivity index (χ0n) is 17.5. The van der Waals surface area contributed by atoms with E-state index in [0.29, 0.717) is 28.7 Å². The van der Waals surface area contributed by atoms with Crippen molar-refractivity contribution in [1.29, 1.82) is 0 Å². The Bertz CT molecular complexity index is 1230. The molecule has 7 nitrogen and oxygen atoms in total. The summed E-state index contributed by atoms with van der Waals surface area (Å²) in [5.41, 5.74) is 3.88. The first-order valence-corrected chi connectivity index (χ1v) is 10.3. The number of aromatic nitrogens is 1. The van der Waals surface area contributed by atoms with Crippen molar-refractivity contribution < 1.29 is 18.7 Å². The summed E-state index contributed by atoms with van der Waals surface area (Å²) in [6.07, 6.45) is 0. The molecule has 0 unspecified atom stereocenters. The van der Waals surface area contributed by atoms with Gasteiger partial charge in [0.15, 0.2) is 17.3 Å². The molecule has 0 saturated heterocycles. The minimum atomic E-state index is -0.378. The molecule has 1 heterocycles. The molecule has 0 aliphatic heterocycles. The van der Waals surface area contributed by atoms with Gasteiger partial charge in [0.25, 0.3) is 5.91 Å². The summed E-state index contributed by atoms with van der Waals surface area (Å²) >= 11 is 5.29. The summed E-state index contributed by atoms with van der Waals surface area (Å²) in [5.74, 6) is 1.25. The second-order valence-corrected chi connectivity index (χ2v) is 7.41. The van der Waals surface area contributed by atoms with E-state index < -0.39 is 0 Å². The number of methoxy groups -OCH3 is 1. The molecule has 8 heteroatoms. The number of para-hydroxylation sites is 2. The molecule has 162 valence electrons. The average molecular weight is 448 g/mol. The van der Waals surface area contributed by atoms with Crippen LogP contribution in [0.4, 0.5) is 5.69 Å². The Kier molecular flexibility index (Phi) is 6.32. The van der Waals surface area contributed by atoms with Crippen molar-refractivity contribution in [3.05, 3.63) is 72.3 Å². The monoisotopic (exact) mass is 447 g/mol. The van der Waals surface area contributed by atoms with E-state index in [1.54, 1.807) is 19.2 Å². The number of aryl methyl sites for hydroxylation is 1. The Morgan fingerprint density at radius 3 is 2.62 bits per heavy atom. The lowest BCUT2D eigenvalue weighted by Crippen LogP contribution is -2.37. The third-order valence-corrected chi connectivity index (χ3v) is 4.84. The lowest BCUT2D eigenvalue weighted by Gasteiger charge is -2.14. The number of rotatable bonds is 6. The van der Waals surface area contributed by atoms with Crippen LogP contribution >= 0.6 is 12.2 Å². The number of oxazole rings is 1. The van der Waals surface area contributed by atoms with Gasteiger partial charge >= 0.3 is 0 Å². The quantitative estimate of drug-likeness (QED) is 0.414. The van der Waals surface area contributed by atoms with Crippen LogP contribution in [0.15, 0.2) is 71.1 Å². The number of carbonyl (C=O) groups excluding carboxylic acids is 1. The summed E-state index contributed by atoms with van der Waals surface area (Å²) < 4.78 is 16.7. The number of anilines is 1. The van der Waals surface area contributed by atoms with E-state index in [4.69, 9.17) is 26.1 Å². The molecule has 4 rings (SSSR count). The Morgan fingerprint density at radius 2 is 1.88 bits per heavy atom. The zero-order chi connectivity index (χ0) is 22.5. The molecular weight excluding hydrogens is 426 g/mol. The maximum Gasteiger partial charge on any atom is 0.264 e. The molecule has 0 atom stereocenters. The number of nitrogens with one attached hydrogen (secondary N) is 2. The number of amides is 1. The van der Waals surface area contributed by atoms with Gasteiger partial charge in [0, 0.05) is 5.56 Å². The molecule has 4 aromatic rings. The Hall–Kier alpha value is -3.91. The number of thiocarbonyl (C=S) groups is 1. The van der Waals surface area contributed by atoms with E-state index in [1.807, 2.05) is 61.5 Å². The SMILES string of the molecule is COc1ccc(-c2nc3ccccc3o2)cc1NC(=S)NC(=O)COc1ccc(C)cc1. The van der Waals surface area contributed by atoms with E-state index in [2.05, 4.69) is 15.6 Å². The molecule has 0 radical (unpaired) electrons. The first kappa shape index (κ1) is 21.3. The molecule has 2 N–H and O–H groups in total. The van der Waals surface area contributed by atoms with Gasteiger partial charge in [0.05, 0.1) is 12.8 Å². The van der Waals surface area contributed by atoms with Crippen LogP contribution in [0.2, 0.25) is 0 Å². The minimum absolute atomic E-state index is 0.121. The fraction of sp³-hybridized carbons (Fsp3) is 0.125. The van der Waals surface area contributed by atoms with Crippen molar-refractivity contribution in [2.75, 3.05) is 19.0 Å². The van der Waals surface area contributed by atoms with Gasteiger partial charge in [0.2, 0.25) is 5.89 Å². The second-order valence-electron chi connectivity index (χ2n) is 7.01. The zero-order valence-corrected chi connectivity index (χ0v) is 18.4. The van der Waals surface area contributed by atoms with Crippen LogP contribution in [0.1, 0.15) is 5.56 Å². The molecule has 1 amide bonds. The molecule has 32 heavy (non-hydrogen) atoms. The number of benzene rings is 3. The highest BCUT2D eigenvalue weighted by Gasteiger charge is 2.13. The largest absolute Gasteiger partial charge is 0.495 e. The van der Waals surface area contributed by atoms with E-state index in [9.17, 15) is 4.79 Å². The van der Waals surface area contributed by atoms with Crippen molar-refractivity contribution in [1.82, 2.24) is 10.3 Å². The number of ether oxygens (including phenoxy) is 2.